The van der Waals surface area contributed by atoms with Crippen molar-refractivity contribution in [2.24, 2.45) is 0 Å². The average molecular weight is 297 g/mol. The van der Waals surface area contributed by atoms with Gasteiger partial charge in [0.1, 0.15) is 5.82 Å². The van der Waals surface area contributed by atoms with Gasteiger partial charge in [-0.05, 0) is 52.9 Å². The van der Waals surface area contributed by atoms with Gasteiger partial charge in [0.15, 0.2) is 0 Å². The van der Waals surface area contributed by atoms with Gasteiger partial charge in [0.25, 0.3) is 0 Å². The Balaban J connectivity index is 1.82. The molecule has 0 saturated heterocycles. The molecular weight excluding hydrogens is 285 g/mol. The Morgan fingerprint density at radius 3 is 2.45 bits per heavy atom. The first-order valence-electron chi connectivity index (χ1n) is 6.66. The highest BCUT2D eigenvalue weighted by Crippen LogP contribution is 2.38. The van der Waals surface area contributed by atoms with Crippen LogP contribution < -0.4 is 5.32 Å². The van der Waals surface area contributed by atoms with E-state index < -0.39 is 11.9 Å². The van der Waals surface area contributed by atoms with Crippen molar-refractivity contribution in [3.8, 4) is 11.1 Å². The number of nitrogens with one attached hydrogen (secondary N) is 1. The Kier molecular flexibility index (Phi) is 3.47. The molecule has 0 aromatic heterocycles. The van der Waals surface area contributed by atoms with E-state index in [1.807, 2.05) is 12.1 Å². The first kappa shape index (κ1) is 14.0. The molecule has 0 radical (unpaired) electrons. The molecule has 1 amide bonds. The number of fused-ring (bicyclic) bond motifs is 3. The van der Waals surface area contributed by atoms with Crippen LogP contribution in [0.4, 0.5) is 10.1 Å². The molecule has 0 bridgehead atoms. The maximum Gasteiger partial charge on any atom is 0.328 e. The minimum absolute atomic E-state index is 0.265. The summed E-state index contributed by atoms with van der Waals surface area (Å²) in [5.41, 5.74) is 4.52. The van der Waals surface area contributed by atoms with Crippen molar-refractivity contribution in [3.05, 3.63) is 65.5 Å². The predicted molar refractivity (Wildman–Crippen MR) is 80.0 cm³/mol. The summed E-state index contributed by atoms with van der Waals surface area (Å²) in [5, 5.41) is 11.1. The topological polar surface area (TPSA) is 66.4 Å². The van der Waals surface area contributed by atoms with Gasteiger partial charge in [-0.25, -0.2) is 9.18 Å². The van der Waals surface area contributed by atoms with Gasteiger partial charge in [0.2, 0.25) is 5.91 Å². The van der Waals surface area contributed by atoms with E-state index in [-0.39, 0.29) is 5.82 Å². The first-order valence-corrected chi connectivity index (χ1v) is 6.66. The molecular formula is C17H12FNO3. The van der Waals surface area contributed by atoms with Gasteiger partial charge < -0.3 is 10.4 Å². The quantitative estimate of drug-likeness (QED) is 0.730. The van der Waals surface area contributed by atoms with Crippen LogP contribution in [0.5, 0.6) is 0 Å². The van der Waals surface area contributed by atoms with Gasteiger partial charge in [0, 0.05) is 17.8 Å². The summed E-state index contributed by atoms with van der Waals surface area (Å²) in [6.45, 7) is 0. The highest BCUT2D eigenvalue weighted by molar-refractivity contribution is 6.02. The largest absolute Gasteiger partial charge is 0.478 e. The Morgan fingerprint density at radius 2 is 1.73 bits per heavy atom. The van der Waals surface area contributed by atoms with Crippen LogP contribution in [0.1, 0.15) is 11.1 Å². The van der Waals surface area contributed by atoms with E-state index in [4.69, 9.17) is 5.11 Å². The average Bonchev–Trinajstić information content (AvgIpc) is 2.81. The highest BCUT2D eigenvalue weighted by Gasteiger charge is 2.19. The molecule has 4 nitrogen and oxygen atoms in total. The highest BCUT2D eigenvalue weighted by atomic mass is 19.1. The Hall–Kier alpha value is -2.95. The number of carboxylic acid groups (broad SMARTS) is 1. The molecule has 0 heterocycles. The van der Waals surface area contributed by atoms with Crippen LogP contribution in [-0.2, 0) is 16.0 Å². The van der Waals surface area contributed by atoms with Gasteiger partial charge in [0.05, 0.1) is 0 Å². The summed E-state index contributed by atoms with van der Waals surface area (Å²) >= 11 is 0. The van der Waals surface area contributed by atoms with E-state index in [0.29, 0.717) is 12.1 Å². The SMILES string of the molecule is O=C(O)/C=C/C(=O)Nc1ccc2c(c1)Cc1cc(F)ccc1-2. The summed E-state index contributed by atoms with van der Waals surface area (Å²) in [7, 11) is 0. The zero-order valence-corrected chi connectivity index (χ0v) is 11.5. The second-order valence-corrected chi connectivity index (χ2v) is 5.01. The van der Waals surface area contributed by atoms with Gasteiger partial charge in [-0.15, -0.1) is 0 Å². The monoisotopic (exact) mass is 297 g/mol. The fourth-order valence-electron chi connectivity index (χ4n) is 2.59. The van der Waals surface area contributed by atoms with Crippen molar-refractivity contribution in [2.75, 3.05) is 5.32 Å². The molecule has 5 heteroatoms. The van der Waals surface area contributed by atoms with Crippen molar-refractivity contribution in [1.29, 1.82) is 0 Å². The molecule has 0 fully saturated rings. The number of aliphatic carboxylic acids is 1. The van der Waals surface area contributed by atoms with Gasteiger partial charge in [-0.3, -0.25) is 4.79 Å². The lowest BCUT2D eigenvalue weighted by Crippen LogP contribution is -2.08. The zero-order valence-electron chi connectivity index (χ0n) is 11.5. The van der Waals surface area contributed by atoms with E-state index in [1.54, 1.807) is 12.1 Å². The molecule has 2 aromatic rings. The molecule has 0 unspecified atom stereocenters. The van der Waals surface area contributed by atoms with Crippen LogP contribution in [0.3, 0.4) is 0 Å². The standard InChI is InChI=1S/C17H12FNO3/c18-12-1-3-14-10(8-12)7-11-9-13(2-4-15(11)14)19-16(20)5-6-17(21)22/h1-6,8-9H,7H2,(H,19,20)(H,21,22)/b6-5+. The molecule has 3 rings (SSSR count). The van der Waals surface area contributed by atoms with E-state index in [2.05, 4.69) is 5.32 Å². The molecule has 2 aromatic carbocycles. The minimum Gasteiger partial charge on any atom is -0.478 e. The normalized spacial score (nSPS) is 12.0. The van der Waals surface area contributed by atoms with E-state index in [9.17, 15) is 14.0 Å². The second kappa shape index (κ2) is 5.44. The summed E-state index contributed by atoms with van der Waals surface area (Å²) in [4.78, 5) is 21.9. The molecule has 1 aliphatic rings. The van der Waals surface area contributed by atoms with Crippen LogP contribution in [-0.4, -0.2) is 17.0 Å². The third kappa shape index (κ3) is 2.74. The number of hydrogen-bond acceptors (Lipinski definition) is 2. The number of carboxylic acids is 1. The summed E-state index contributed by atoms with van der Waals surface area (Å²) in [6, 6.07) is 10.1. The molecule has 110 valence electrons. The lowest BCUT2D eigenvalue weighted by Gasteiger charge is -2.05. The Morgan fingerprint density at radius 1 is 1.05 bits per heavy atom. The van der Waals surface area contributed by atoms with Crippen molar-refractivity contribution in [1.82, 2.24) is 0 Å². The number of rotatable bonds is 3. The molecule has 1 aliphatic carbocycles. The maximum atomic E-state index is 13.3. The van der Waals surface area contributed by atoms with Crippen LogP contribution in [0, 0.1) is 5.82 Å². The van der Waals surface area contributed by atoms with Gasteiger partial charge >= 0.3 is 5.97 Å². The molecule has 0 spiro atoms. The number of anilines is 1. The summed E-state index contributed by atoms with van der Waals surface area (Å²) in [5.74, 6) is -1.95. The molecule has 0 atom stereocenters. The lowest BCUT2D eigenvalue weighted by atomic mass is 10.1. The number of halogens is 1. The van der Waals surface area contributed by atoms with Gasteiger partial charge in [-0.2, -0.15) is 0 Å². The minimum atomic E-state index is -1.18. The van der Waals surface area contributed by atoms with Crippen molar-refractivity contribution in [2.45, 2.75) is 6.42 Å². The predicted octanol–water partition coefficient (Wildman–Crippen LogP) is 2.98. The first-order chi connectivity index (χ1) is 10.5. The Labute approximate surface area is 125 Å². The smallest absolute Gasteiger partial charge is 0.328 e. The number of carbonyl (C=O) groups excluding carboxylic acids is 1. The second-order valence-electron chi connectivity index (χ2n) is 5.01. The number of amides is 1. The van der Waals surface area contributed by atoms with E-state index in [0.717, 1.165) is 34.4 Å². The third-order valence-electron chi connectivity index (χ3n) is 3.49. The van der Waals surface area contributed by atoms with Crippen molar-refractivity contribution < 1.29 is 19.1 Å². The lowest BCUT2D eigenvalue weighted by molar-refractivity contribution is -0.131. The number of hydrogen-bond donors (Lipinski definition) is 2. The Bertz CT molecular complexity index is 812. The van der Waals surface area contributed by atoms with Crippen LogP contribution in [0.2, 0.25) is 0 Å². The van der Waals surface area contributed by atoms with Crippen LogP contribution in [0.15, 0.2) is 48.6 Å². The van der Waals surface area contributed by atoms with E-state index >= 15 is 0 Å². The van der Waals surface area contributed by atoms with E-state index in [1.165, 1.54) is 12.1 Å². The van der Waals surface area contributed by atoms with Crippen molar-refractivity contribution in [3.63, 3.8) is 0 Å². The molecule has 2 N–H and O–H groups in total. The molecule has 0 aliphatic heterocycles. The summed E-state index contributed by atoms with van der Waals surface area (Å²) < 4.78 is 13.3. The van der Waals surface area contributed by atoms with Crippen molar-refractivity contribution >= 4 is 17.6 Å². The van der Waals surface area contributed by atoms with Crippen LogP contribution in [0.25, 0.3) is 11.1 Å². The summed E-state index contributed by atoms with van der Waals surface area (Å²) in [6.07, 6.45) is 2.35. The molecule has 0 saturated carbocycles. The molecule has 22 heavy (non-hydrogen) atoms. The zero-order chi connectivity index (χ0) is 15.7. The number of carbonyl (C=O) groups is 2. The number of benzene rings is 2. The van der Waals surface area contributed by atoms with Crippen LogP contribution >= 0.6 is 0 Å². The third-order valence-corrected chi connectivity index (χ3v) is 3.49. The van der Waals surface area contributed by atoms with Gasteiger partial charge in [-0.1, -0.05) is 12.1 Å². The fraction of sp³-hybridized carbons (Fsp3) is 0.0588. The maximum absolute atomic E-state index is 13.3. The fourth-order valence-corrected chi connectivity index (χ4v) is 2.59.